The third kappa shape index (κ3) is 3.54. The number of aryl methyl sites for hydroxylation is 1. The minimum atomic E-state index is -0.591. The lowest BCUT2D eigenvalue weighted by Gasteiger charge is -2.37. The molecule has 6 heteroatoms. The summed E-state index contributed by atoms with van der Waals surface area (Å²) in [6.45, 7) is 3.14. The number of hydrogen-bond donors (Lipinski definition) is 1. The Labute approximate surface area is 166 Å². The summed E-state index contributed by atoms with van der Waals surface area (Å²) in [5, 5.41) is 3.06. The third-order valence-electron chi connectivity index (χ3n) is 5.15. The fraction of sp³-hybridized carbons (Fsp3) is 0.286. The Hall–Kier alpha value is -2.47. The number of hydrogen-bond acceptors (Lipinski definition) is 3. The maximum absolute atomic E-state index is 12.7. The summed E-state index contributed by atoms with van der Waals surface area (Å²) in [5.74, 6) is -0.113. The highest BCUT2D eigenvalue weighted by Gasteiger charge is 2.42. The topological polar surface area (TPSA) is 61.8 Å². The van der Waals surface area contributed by atoms with Crippen LogP contribution in [0, 0.1) is 6.92 Å². The monoisotopic (exact) mass is 425 g/mol. The van der Waals surface area contributed by atoms with Gasteiger partial charge in [-0.15, -0.1) is 0 Å². The van der Waals surface area contributed by atoms with E-state index in [1.807, 2.05) is 60.4 Å². The molecule has 2 aromatic carbocycles. The van der Waals surface area contributed by atoms with Crippen LogP contribution in [0.1, 0.15) is 34.3 Å². The van der Waals surface area contributed by atoms with Crippen molar-refractivity contribution < 1.29 is 9.59 Å². The minimum absolute atomic E-state index is 0.0181. The van der Waals surface area contributed by atoms with Gasteiger partial charge in [-0.1, -0.05) is 39.7 Å². The second-order valence-corrected chi connectivity index (χ2v) is 8.03. The van der Waals surface area contributed by atoms with Gasteiger partial charge in [0, 0.05) is 41.5 Å². The zero-order chi connectivity index (χ0) is 19.0. The van der Waals surface area contributed by atoms with E-state index in [0.717, 1.165) is 15.6 Å². The number of benzene rings is 2. The van der Waals surface area contributed by atoms with Gasteiger partial charge in [0.15, 0.2) is 0 Å². The molecule has 5 nitrogen and oxygen atoms in total. The van der Waals surface area contributed by atoms with Crippen molar-refractivity contribution in [3.8, 4) is 0 Å². The number of nitrogens with zero attached hydrogens (tertiary/aromatic N) is 2. The Bertz CT molecular complexity index is 929. The van der Waals surface area contributed by atoms with Gasteiger partial charge in [-0.05, 0) is 37.3 Å². The zero-order valence-corrected chi connectivity index (χ0v) is 16.6. The quantitative estimate of drug-likeness (QED) is 0.801. The van der Waals surface area contributed by atoms with Crippen LogP contribution in [0.4, 0.5) is 0 Å². The van der Waals surface area contributed by atoms with E-state index in [1.54, 1.807) is 0 Å². The molecule has 1 spiro atoms. The van der Waals surface area contributed by atoms with Gasteiger partial charge >= 0.3 is 0 Å². The molecule has 1 saturated heterocycles. The predicted octanol–water partition coefficient (Wildman–Crippen LogP) is 3.31. The second-order valence-electron chi connectivity index (χ2n) is 7.11. The summed E-state index contributed by atoms with van der Waals surface area (Å²) in [6, 6.07) is 15.2. The van der Waals surface area contributed by atoms with Crippen LogP contribution in [-0.2, 0) is 4.79 Å². The van der Waals surface area contributed by atoms with Crippen LogP contribution >= 0.6 is 15.9 Å². The molecular formula is C21H20BrN3O2. The molecule has 2 heterocycles. The summed E-state index contributed by atoms with van der Waals surface area (Å²) < 4.78 is 0.948. The van der Waals surface area contributed by atoms with E-state index in [9.17, 15) is 9.59 Å². The Morgan fingerprint density at radius 3 is 2.52 bits per heavy atom. The third-order valence-corrected chi connectivity index (χ3v) is 5.68. The smallest absolute Gasteiger partial charge is 0.272 e. The maximum atomic E-state index is 12.7. The Morgan fingerprint density at radius 1 is 1.15 bits per heavy atom. The molecule has 0 atom stereocenters. The van der Waals surface area contributed by atoms with E-state index in [0.29, 0.717) is 37.2 Å². The molecule has 2 aromatic rings. The van der Waals surface area contributed by atoms with Gasteiger partial charge in [0.05, 0.1) is 0 Å². The number of halogens is 1. The molecule has 0 saturated carbocycles. The van der Waals surface area contributed by atoms with Crippen LogP contribution in [-0.4, -0.2) is 41.2 Å². The van der Waals surface area contributed by atoms with Crippen LogP contribution < -0.4 is 5.32 Å². The number of nitrogens with one attached hydrogen (secondary N) is 1. The van der Waals surface area contributed by atoms with E-state index in [1.165, 1.54) is 0 Å². The highest BCUT2D eigenvalue weighted by molar-refractivity contribution is 9.10. The predicted molar refractivity (Wildman–Crippen MR) is 108 cm³/mol. The highest BCUT2D eigenvalue weighted by atomic mass is 79.9. The van der Waals surface area contributed by atoms with E-state index < -0.39 is 5.66 Å². The Kier molecular flexibility index (Phi) is 4.60. The molecule has 0 unspecified atom stereocenters. The lowest BCUT2D eigenvalue weighted by atomic mass is 9.97. The van der Waals surface area contributed by atoms with Crippen molar-refractivity contribution in [1.29, 1.82) is 0 Å². The van der Waals surface area contributed by atoms with Crippen molar-refractivity contribution in [3.63, 3.8) is 0 Å². The fourth-order valence-electron chi connectivity index (χ4n) is 3.64. The number of aliphatic imine (C=N–C) groups is 1. The molecule has 0 aliphatic carbocycles. The molecule has 0 aromatic heterocycles. The molecule has 138 valence electrons. The first-order chi connectivity index (χ1) is 13.0. The van der Waals surface area contributed by atoms with Crippen molar-refractivity contribution >= 4 is 33.5 Å². The maximum Gasteiger partial charge on any atom is 0.272 e. The summed E-state index contributed by atoms with van der Waals surface area (Å²) in [6.07, 6.45) is 1.24. The average molecular weight is 426 g/mol. The van der Waals surface area contributed by atoms with Gasteiger partial charge in [0.25, 0.3) is 11.8 Å². The van der Waals surface area contributed by atoms with Crippen LogP contribution in [0.2, 0.25) is 0 Å². The number of likely N-dealkylation sites (tertiary alicyclic amines) is 1. The molecule has 2 aliphatic rings. The normalized spacial score (nSPS) is 18.4. The number of piperidine rings is 1. The zero-order valence-electron chi connectivity index (χ0n) is 15.0. The van der Waals surface area contributed by atoms with Gasteiger partial charge in [-0.2, -0.15) is 0 Å². The SMILES string of the molecule is Cc1cccc(C2=NC3(CCN(C(=O)c4ccc(Br)cc4)CC3)NC2=O)c1. The van der Waals surface area contributed by atoms with Crippen molar-refractivity contribution in [2.45, 2.75) is 25.4 Å². The number of carbonyl (C=O) groups is 2. The summed E-state index contributed by atoms with van der Waals surface area (Å²) in [5.41, 5.74) is 2.52. The number of amides is 2. The Balaban J connectivity index is 1.49. The first-order valence-corrected chi connectivity index (χ1v) is 9.79. The van der Waals surface area contributed by atoms with E-state index in [-0.39, 0.29) is 11.8 Å². The molecule has 2 amide bonds. The molecule has 4 rings (SSSR count). The van der Waals surface area contributed by atoms with E-state index in [2.05, 4.69) is 21.2 Å². The number of carbonyl (C=O) groups excluding carboxylic acids is 2. The van der Waals surface area contributed by atoms with Crippen LogP contribution in [0.5, 0.6) is 0 Å². The van der Waals surface area contributed by atoms with Gasteiger partial charge < -0.3 is 10.2 Å². The van der Waals surface area contributed by atoms with Crippen molar-refractivity contribution in [2.75, 3.05) is 13.1 Å². The molecule has 27 heavy (non-hydrogen) atoms. The molecule has 1 fully saturated rings. The summed E-state index contributed by atoms with van der Waals surface area (Å²) >= 11 is 3.39. The molecule has 0 bridgehead atoms. The molecular weight excluding hydrogens is 406 g/mol. The van der Waals surface area contributed by atoms with Gasteiger partial charge in [0.1, 0.15) is 11.4 Å². The molecule has 0 radical (unpaired) electrons. The van der Waals surface area contributed by atoms with Gasteiger partial charge in [-0.3, -0.25) is 14.6 Å². The van der Waals surface area contributed by atoms with E-state index in [4.69, 9.17) is 4.99 Å². The van der Waals surface area contributed by atoms with E-state index >= 15 is 0 Å². The summed E-state index contributed by atoms with van der Waals surface area (Å²) in [4.78, 5) is 31.8. The largest absolute Gasteiger partial charge is 0.338 e. The first kappa shape index (κ1) is 17.9. The average Bonchev–Trinajstić information content (AvgIpc) is 2.98. The van der Waals surface area contributed by atoms with Gasteiger partial charge in [-0.25, -0.2) is 0 Å². The molecule has 1 N–H and O–H groups in total. The lowest BCUT2D eigenvalue weighted by molar-refractivity contribution is -0.115. The fourth-order valence-corrected chi connectivity index (χ4v) is 3.91. The van der Waals surface area contributed by atoms with Crippen molar-refractivity contribution in [2.24, 2.45) is 4.99 Å². The number of rotatable bonds is 2. The lowest BCUT2D eigenvalue weighted by Crippen LogP contribution is -2.52. The Morgan fingerprint density at radius 2 is 1.85 bits per heavy atom. The molecule has 2 aliphatic heterocycles. The van der Waals surface area contributed by atoms with Crippen LogP contribution in [0.25, 0.3) is 0 Å². The second kappa shape index (κ2) is 6.93. The standard InChI is InChI=1S/C21H20BrN3O2/c1-14-3-2-4-16(13-14)18-19(26)24-21(23-18)9-11-25(12-10-21)20(27)15-5-7-17(22)8-6-15/h2-8,13H,9-12H2,1H3,(H,24,26). The van der Waals surface area contributed by atoms with Gasteiger partial charge in [0.2, 0.25) is 0 Å². The first-order valence-electron chi connectivity index (χ1n) is 9.00. The summed E-state index contributed by atoms with van der Waals surface area (Å²) in [7, 11) is 0. The van der Waals surface area contributed by atoms with Crippen molar-refractivity contribution in [1.82, 2.24) is 10.2 Å². The highest BCUT2D eigenvalue weighted by Crippen LogP contribution is 2.29. The van der Waals surface area contributed by atoms with Crippen molar-refractivity contribution in [3.05, 3.63) is 69.7 Å². The van der Waals surface area contributed by atoms with Crippen LogP contribution in [0.3, 0.4) is 0 Å². The van der Waals surface area contributed by atoms with Crippen LogP contribution in [0.15, 0.2) is 58.0 Å². The minimum Gasteiger partial charge on any atom is -0.338 e.